The van der Waals surface area contributed by atoms with Crippen LogP contribution in [0.15, 0.2) is 24.3 Å². The van der Waals surface area contributed by atoms with Gasteiger partial charge in [0.1, 0.15) is 11.4 Å². The van der Waals surface area contributed by atoms with Gasteiger partial charge in [-0.05, 0) is 38.0 Å². The number of carbonyl (C=O) groups is 3. The number of aromatic amines is 1. The van der Waals surface area contributed by atoms with Crippen LogP contribution in [0.5, 0.6) is 5.75 Å². The Bertz CT molecular complexity index is 824. The maximum absolute atomic E-state index is 12.6. The number of anilines is 1. The predicted molar refractivity (Wildman–Crippen MR) is 94.0 cm³/mol. The molecule has 0 saturated carbocycles. The van der Waals surface area contributed by atoms with Crippen molar-refractivity contribution in [3.63, 3.8) is 0 Å². The Hall–Kier alpha value is -3.09. The molecule has 132 valence electrons. The van der Waals surface area contributed by atoms with Crippen molar-refractivity contribution in [2.75, 3.05) is 11.9 Å². The molecule has 0 unspecified atom stereocenters. The molecule has 7 heteroatoms. The molecule has 1 aromatic heterocycles. The van der Waals surface area contributed by atoms with Gasteiger partial charge in [-0.2, -0.15) is 0 Å². The number of ketones is 1. The second-order valence-electron chi connectivity index (χ2n) is 5.63. The van der Waals surface area contributed by atoms with Crippen molar-refractivity contribution >= 4 is 23.3 Å². The summed E-state index contributed by atoms with van der Waals surface area (Å²) in [6.45, 7) is 4.90. The Kier molecular flexibility index (Phi) is 5.59. The summed E-state index contributed by atoms with van der Waals surface area (Å²) in [5, 5.41) is 2.76. The first-order valence-corrected chi connectivity index (χ1v) is 7.88. The first-order valence-electron chi connectivity index (χ1n) is 7.88. The number of aryl methyl sites for hydroxylation is 1. The highest BCUT2D eigenvalue weighted by Gasteiger charge is 2.21. The standard InChI is InChI=1S/C18H21N3O4/c1-4-14-16(11(3)22)10(2)20-17(14)18(24)21-12-6-5-7-13(8-12)25-9-15(19)23/h5-8,20H,4,9H2,1-3H3,(H2,19,23)(H,21,24). The maximum atomic E-state index is 12.6. The van der Waals surface area contributed by atoms with E-state index in [9.17, 15) is 14.4 Å². The van der Waals surface area contributed by atoms with Crippen molar-refractivity contribution in [1.82, 2.24) is 4.98 Å². The van der Waals surface area contributed by atoms with Crippen molar-refractivity contribution in [3.8, 4) is 5.75 Å². The van der Waals surface area contributed by atoms with Crippen molar-refractivity contribution in [2.24, 2.45) is 5.73 Å². The number of ether oxygens (including phenoxy) is 1. The topological polar surface area (TPSA) is 114 Å². The van der Waals surface area contributed by atoms with E-state index in [-0.39, 0.29) is 18.3 Å². The fourth-order valence-electron chi connectivity index (χ4n) is 2.71. The van der Waals surface area contributed by atoms with Crippen molar-refractivity contribution in [2.45, 2.75) is 27.2 Å². The molecule has 4 N–H and O–H groups in total. The summed E-state index contributed by atoms with van der Waals surface area (Å²) in [5.41, 5.74) is 7.85. The van der Waals surface area contributed by atoms with Crippen molar-refractivity contribution in [3.05, 3.63) is 46.8 Å². The molecule has 2 aromatic rings. The van der Waals surface area contributed by atoms with Crippen LogP contribution >= 0.6 is 0 Å². The number of nitrogens with two attached hydrogens (primary N) is 1. The average molecular weight is 343 g/mol. The van der Waals surface area contributed by atoms with Crippen LogP contribution in [0.25, 0.3) is 0 Å². The van der Waals surface area contributed by atoms with E-state index in [2.05, 4.69) is 10.3 Å². The van der Waals surface area contributed by atoms with Crippen LogP contribution in [0.4, 0.5) is 5.69 Å². The fraction of sp³-hybridized carbons (Fsp3) is 0.278. The van der Waals surface area contributed by atoms with Crippen molar-refractivity contribution in [1.29, 1.82) is 0 Å². The molecule has 7 nitrogen and oxygen atoms in total. The number of H-pyrrole nitrogens is 1. The van der Waals surface area contributed by atoms with Gasteiger partial charge >= 0.3 is 0 Å². The molecule has 2 amide bonds. The third-order valence-corrected chi connectivity index (χ3v) is 3.70. The zero-order valence-corrected chi connectivity index (χ0v) is 14.4. The van der Waals surface area contributed by atoms with E-state index in [1.807, 2.05) is 6.92 Å². The molecule has 0 atom stereocenters. The van der Waals surface area contributed by atoms with Gasteiger partial charge in [-0.3, -0.25) is 14.4 Å². The van der Waals surface area contributed by atoms with Crippen LogP contribution in [0, 0.1) is 6.92 Å². The summed E-state index contributed by atoms with van der Waals surface area (Å²) in [7, 11) is 0. The molecule has 0 aliphatic heterocycles. The predicted octanol–water partition coefficient (Wildman–Crippen LogP) is 2.20. The summed E-state index contributed by atoms with van der Waals surface area (Å²) in [6.07, 6.45) is 0.559. The van der Waals surface area contributed by atoms with E-state index in [1.54, 1.807) is 31.2 Å². The van der Waals surface area contributed by atoms with Crippen LogP contribution in [0.2, 0.25) is 0 Å². The van der Waals surface area contributed by atoms with Gasteiger partial charge in [0.05, 0.1) is 0 Å². The Morgan fingerprint density at radius 3 is 2.60 bits per heavy atom. The summed E-state index contributed by atoms with van der Waals surface area (Å²) in [4.78, 5) is 38.2. The number of benzene rings is 1. The molecule has 0 spiro atoms. The molecule has 0 aliphatic carbocycles. The second-order valence-corrected chi connectivity index (χ2v) is 5.63. The minimum Gasteiger partial charge on any atom is -0.484 e. The van der Waals surface area contributed by atoms with E-state index in [1.165, 1.54) is 6.92 Å². The third kappa shape index (κ3) is 4.26. The first kappa shape index (κ1) is 18.3. The fourth-order valence-corrected chi connectivity index (χ4v) is 2.71. The number of primary amides is 1. The van der Waals surface area contributed by atoms with Gasteiger partial charge in [-0.1, -0.05) is 13.0 Å². The molecule has 25 heavy (non-hydrogen) atoms. The van der Waals surface area contributed by atoms with Crippen LogP contribution in [0.3, 0.4) is 0 Å². The highest BCUT2D eigenvalue weighted by Crippen LogP contribution is 2.23. The molecule has 1 aromatic carbocycles. The summed E-state index contributed by atoms with van der Waals surface area (Å²) in [6, 6.07) is 6.63. The lowest BCUT2D eigenvalue weighted by molar-refractivity contribution is -0.119. The van der Waals surface area contributed by atoms with E-state index in [4.69, 9.17) is 10.5 Å². The van der Waals surface area contributed by atoms with Crippen LogP contribution in [-0.2, 0) is 11.2 Å². The van der Waals surface area contributed by atoms with Gasteiger partial charge in [-0.25, -0.2) is 0 Å². The number of aromatic nitrogens is 1. The number of amides is 2. The maximum Gasteiger partial charge on any atom is 0.272 e. The molecule has 0 fully saturated rings. The van der Waals surface area contributed by atoms with E-state index in [0.29, 0.717) is 40.4 Å². The van der Waals surface area contributed by atoms with Gasteiger partial charge in [0.15, 0.2) is 12.4 Å². The molecule has 0 saturated heterocycles. The molecule has 0 radical (unpaired) electrons. The molecule has 1 heterocycles. The zero-order chi connectivity index (χ0) is 18.6. The average Bonchev–Trinajstić information content (AvgIpc) is 2.90. The molecular weight excluding hydrogens is 322 g/mol. The lowest BCUT2D eigenvalue weighted by Crippen LogP contribution is -2.20. The van der Waals surface area contributed by atoms with Crippen molar-refractivity contribution < 1.29 is 19.1 Å². The highest BCUT2D eigenvalue weighted by molar-refractivity contribution is 6.07. The van der Waals surface area contributed by atoms with E-state index in [0.717, 1.165) is 0 Å². The monoisotopic (exact) mass is 343 g/mol. The minimum absolute atomic E-state index is 0.0773. The minimum atomic E-state index is -0.583. The zero-order valence-electron chi connectivity index (χ0n) is 14.4. The molecule has 0 bridgehead atoms. The van der Waals surface area contributed by atoms with Gasteiger partial charge in [0, 0.05) is 23.0 Å². The first-order chi connectivity index (χ1) is 11.8. The Morgan fingerprint density at radius 2 is 2.00 bits per heavy atom. The largest absolute Gasteiger partial charge is 0.484 e. The van der Waals surface area contributed by atoms with Gasteiger partial charge in [0.2, 0.25) is 0 Å². The summed E-state index contributed by atoms with van der Waals surface area (Å²) < 4.78 is 5.22. The number of hydrogen-bond acceptors (Lipinski definition) is 4. The number of hydrogen-bond donors (Lipinski definition) is 3. The van der Waals surface area contributed by atoms with E-state index < -0.39 is 5.91 Å². The quantitative estimate of drug-likeness (QED) is 0.669. The normalized spacial score (nSPS) is 10.4. The summed E-state index contributed by atoms with van der Waals surface area (Å²) >= 11 is 0. The number of nitrogens with one attached hydrogen (secondary N) is 2. The van der Waals surface area contributed by atoms with Crippen LogP contribution < -0.4 is 15.8 Å². The lowest BCUT2D eigenvalue weighted by Gasteiger charge is -2.09. The SMILES string of the molecule is CCc1c(C(=O)Nc2cccc(OCC(N)=O)c2)[nH]c(C)c1C(C)=O. The second kappa shape index (κ2) is 7.65. The van der Waals surface area contributed by atoms with E-state index >= 15 is 0 Å². The van der Waals surface area contributed by atoms with Crippen LogP contribution in [0.1, 0.15) is 46.0 Å². The molecule has 2 rings (SSSR count). The molecular formula is C18H21N3O4. The Labute approximate surface area is 145 Å². The third-order valence-electron chi connectivity index (χ3n) is 3.70. The Morgan fingerprint density at radius 1 is 1.28 bits per heavy atom. The molecule has 0 aliphatic rings. The van der Waals surface area contributed by atoms with Crippen LogP contribution in [-0.4, -0.2) is 29.2 Å². The lowest BCUT2D eigenvalue weighted by atomic mass is 10.0. The number of Topliss-reactive ketones (excluding diaryl/α,β-unsaturated/α-hetero) is 1. The smallest absolute Gasteiger partial charge is 0.272 e. The highest BCUT2D eigenvalue weighted by atomic mass is 16.5. The van der Waals surface area contributed by atoms with Gasteiger partial charge in [-0.15, -0.1) is 0 Å². The van der Waals surface area contributed by atoms with Gasteiger partial charge < -0.3 is 20.8 Å². The van der Waals surface area contributed by atoms with Gasteiger partial charge in [0.25, 0.3) is 11.8 Å². The summed E-state index contributed by atoms with van der Waals surface area (Å²) in [5.74, 6) is -0.592. The number of rotatable bonds is 7. The number of carbonyl (C=O) groups excluding carboxylic acids is 3. The Balaban J connectivity index is 2.23.